The highest BCUT2D eigenvalue weighted by molar-refractivity contribution is 5.43. The minimum atomic E-state index is 0.356. The molecule has 0 aliphatic carbocycles. The highest BCUT2D eigenvalue weighted by atomic mass is 16.5. The Morgan fingerprint density at radius 3 is 3.00 bits per heavy atom. The SMILES string of the molecule is CCC(C)N(C)CCNC1CCOc2ccc(OC)cc21. The van der Waals surface area contributed by atoms with Crippen molar-refractivity contribution in [2.45, 2.75) is 38.8 Å². The molecule has 0 aromatic heterocycles. The zero-order valence-electron chi connectivity index (χ0n) is 13.7. The molecule has 4 nitrogen and oxygen atoms in total. The highest BCUT2D eigenvalue weighted by Crippen LogP contribution is 2.34. The average Bonchev–Trinajstić information content (AvgIpc) is 2.53. The number of fused-ring (bicyclic) bond motifs is 1. The van der Waals surface area contributed by atoms with Crippen LogP contribution in [0.25, 0.3) is 0 Å². The van der Waals surface area contributed by atoms with Gasteiger partial charge >= 0.3 is 0 Å². The molecule has 1 heterocycles. The Bertz CT molecular complexity index is 450. The van der Waals surface area contributed by atoms with Gasteiger partial charge in [0.1, 0.15) is 11.5 Å². The molecular formula is C17H28N2O2. The Labute approximate surface area is 128 Å². The van der Waals surface area contributed by atoms with E-state index < -0.39 is 0 Å². The van der Waals surface area contributed by atoms with Gasteiger partial charge in [-0.15, -0.1) is 0 Å². The minimum Gasteiger partial charge on any atom is -0.497 e. The number of methoxy groups -OCH3 is 1. The smallest absolute Gasteiger partial charge is 0.124 e. The maximum Gasteiger partial charge on any atom is 0.124 e. The first kappa shape index (κ1) is 16.1. The monoisotopic (exact) mass is 292 g/mol. The Morgan fingerprint density at radius 2 is 2.29 bits per heavy atom. The summed E-state index contributed by atoms with van der Waals surface area (Å²) in [5, 5.41) is 3.66. The van der Waals surface area contributed by atoms with Crippen LogP contribution in [-0.4, -0.2) is 44.8 Å². The number of hydrogen-bond donors (Lipinski definition) is 1. The van der Waals surface area contributed by atoms with Gasteiger partial charge in [0.25, 0.3) is 0 Å². The summed E-state index contributed by atoms with van der Waals surface area (Å²) in [6, 6.07) is 7.04. The van der Waals surface area contributed by atoms with Crippen LogP contribution in [0.3, 0.4) is 0 Å². The summed E-state index contributed by atoms with van der Waals surface area (Å²) in [4.78, 5) is 2.40. The lowest BCUT2D eigenvalue weighted by Crippen LogP contribution is -2.37. The quantitative estimate of drug-likeness (QED) is 0.838. The van der Waals surface area contributed by atoms with E-state index in [4.69, 9.17) is 9.47 Å². The predicted octanol–water partition coefficient (Wildman–Crippen LogP) is 2.84. The highest BCUT2D eigenvalue weighted by Gasteiger charge is 2.21. The van der Waals surface area contributed by atoms with Crippen molar-refractivity contribution < 1.29 is 9.47 Å². The Morgan fingerprint density at radius 1 is 1.48 bits per heavy atom. The van der Waals surface area contributed by atoms with Gasteiger partial charge in [0, 0.05) is 37.2 Å². The summed E-state index contributed by atoms with van der Waals surface area (Å²) in [7, 11) is 3.89. The maximum atomic E-state index is 5.73. The molecule has 1 aromatic carbocycles. The maximum absolute atomic E-state index is 5.73. The van der Waals surface area contributed by atoms with Crippen molar-refractivity contribution in [1.29, 1.82) is 0 Å². The molecule has 0 spiro atoms. The number of nitrogens with one attached hydrogen (secondary N) is 1. The van der Waals surface area contributed by atoms with Gasteiger partial charge in [0.05, 0.1) is 13.7 Å². The van der Waals surface area contributed by atoms with E-state index in [1.54, 1.807) is 7.11 Å². The normalized spacial score (nSPS) is 19.0. The zero-order valence-corrected chi connectivity index (χ0v) is 13.7. The van der Waals surface area contributed by atoms with Gasteiger partial charge in [-0.25, -0.2) is 0 Å². The number of benzene rings is 1. The first-order valence-corrected chi connectivity index (χ1v) is 7.90. The summed E-state index contributed by atoms with van der Waals surface area (Å²) in [5.41, 5.74) is 1.21. The second kappa shape index (κ2) is 7.66. The minimum absolute atomic E-state index is 0.356. The third-order valence-electron chi connectivity index (χ3n) is 4.45. The number of ether oxygens (including phenoxy) is 2. The van der Waals surface area contributed by atoms with E-state index >= 15 is 0 Å². The molecule has 0 saturated carbocycles. The van der Waals surface area contributed by atoms with Crippen molar-refractivity contribution in [2.24, 2.45) is 0 Å². The van der Waals surface area contributed by atoms with Crippen LogP contribution in [-0.2, 0) is 0 Å². The Balaban J connectivity index is 1.93. The van der Waals surface area contributed by atoms with Gasteiger partial charge in [0.15, 0.2) is 0 Å². The molecule has 0 saturated heterocycles. The average molecular weight is 292 g/mol. The lowest BCUT2D eigenvalue weighted by atomic mass is 10.00. The molecule has 0 fully saturated rings. The number of likely N-dealkylation sites (N-methyl/N-ethyl adjacent to an activating group) is 1. The molecule has 118 valence electrons. The molecule has 2 unspecified atom stereocenters. The fourth-order valence-corrected chi connectivity index (χ4v) is 2.66. The van der Waals surface area contributed by atoms with Crippen LogP contribution in [0.1, 0.15) is 38.3 Å². The summed E-state index contributed by atoms with van der Waals surface area (Å²) < 4.78 is 11.1. The molecule has 0 amide bonds. The molecule has 0 radical (unpaired) electrons. The molecule has 1 N–H and O–H groups in total. The van der Waals surface area contributed by atoms with Crippen molar-refractivity contribution in [1.82, 2.24) is 10.2 Å². The summed E-state index contributed by atoms with van der Waals surface area (Å²) in [5.74, 6) is 1.87. The van der Waals surface area contributed by atoms with Crippen molar-refractivity contribution >= 4 is 0 Å². The van der Waals surface area contributed by atoms with Crippen molar-refractivity contribution in [3.05, 3.63) is 23.8 Å². The lowest BCUT2D eigenvalue weighted by Gasteiger charge is -2.29. The second-order valence-electron chi connectivity index (χ2n) is 5.79. The molecule has 0 bridgehead atoms. The molecule has 21 heavy (non-hydrogen) atoms. The van der Waals surface area contributed by atoms with Crippen LogP contribution >= 0.6 is 0 Å². The number of nitrogens with zero attached hydrogens (tertiary/aromatic N) is 1. The fraction of sp³-hybridized carbons (Fsp3) is 0.647. The van der Waals surface area contributed by atoms with Gasteiger partial charge in [-0.3, -0.25) is 0 Å². The van der Waals surface area contributed by atoms with Crippen LogP contribution in [0.4, 0.5) is 0 Å². The second-order valence-corrected chi connectivity index (χ2v) is 5.79. The molecule has 4 heteroatoms. The zero-order chi connectivity index (χ0) is 15.2. The standard InChI is InChI=1S/C17H28N2O2/c1-5-13(2)19(3)10-9-18-16-8-11-21-17-7-6-14(20-4)12-15(16)17/h6-7,12-13,16,18H,5,8-11H2,1-4H3. The third kappa shape index (κ3) is 4.11. The molecule has 2 atom stereocenters. The van der Waals surface area contributed by atoms with E-state index in [-0.39, 0.29) is 0 Å². The van der Waals surface area contributed by atoms with Gasteiger partial charge in [-0.05, 0) is 38.6 Å². The Kier molecular flexibility index (Phi) is 5.88. The predicted molar refractivity (Wildman–Crippen MR) is 86.2 cm³/mol. The molecule has 2 rings (SSSR count). The van der Waals surface area contributed by atoms with Gasteiger partial charge < -0.3 is 19.7 Å². The van der Waals surface area contributed by atoms with Gasteiger partial charge in [-0.1, -0.05) is 6.92 Å². The van der Waals surface area contributed by atoms with Gasteiger partial charge in [-0.2, -0.15) is 0 Å². The molecule has 1 aromatic rings. The Hall–Kier alpha value is -1.26. The van der Waals surface area contributed by atoms with Gasteiger partial charge in [0.2, 0.25) is 0 Å². The van der Waals surface area contributed by atoms with E-state index in [1.165, 1.54) is 12.0 Å². The summed E-state index contributed by atoms with van der Waals surface area (Å²) >= 11 is 0. The van der Waals surface area contributed by atoms with E-state index in [9.17, 15) is 0 Å². The summed E-state index contributed by atoms with van der Waals surface area (Å²) in [6.07, 6.45) is 2.20. The molecular weight excluding hydrogens is 264 g/mol. The lowest BCUT2D eigenvalue weighted by molar-refractivity contribution is 0.228. The van der Waals surface area contributed by atoms with E-state index in [0.29, 0.717) is 12.1 Å². The molecule has 1 aliphatic heterocycles. The van der Waals surface area contributed by atoms with Crippen LogP contribution in [0, 0.1) is 0 Å². The third-order valence-corrected chi connectivity index (χ3v) is 4.45. The number of rotatable bonds is 7. The van der Waals surface area contributed by atoms with E-state index in [1.807, 2.05) is 12.1 Å². The largest absolute Gasteiger partial charge is 0.497 e. The fourth-order valence-electron chi connectivity index (χ4n) is 2.66. The first-order chi connectivity index (χ1) is 10.2. The van der Waals surface area contributed by atoms with Crippen LogP contribution in [0.2, 0.25) is 0 Å². The first-order valence-electron chi connectivity index (χ1n) is 7.90. The van der Waals surface area contributed by atoms with Crippen molar-refractivity contribution in [3.8, 4) is 11.5 Å². The summed E-state index contributed by atoms with van der Waals surface area (Å²) in [6.45, 7) is 7.33. The van der Waals surface area contributed by atoms with Crippen molar-refractivity contribution in [2.75, 3.05) is 33.9 Å². The van der Waals surface area contributed by atoms with E-state index in [0.717, 1.165) is 37.6 Å². The topological polar surface area (TPSA) is 33.7 Å². The van der Waals surface area contributed by atoms with E-state index in [2.05, 4.69) is 37.2 Å². The van der Waals surface area contributed by atoms with Crippen LogP contribution in [0.5, 0.6) is 11.5 Å². The van der Waals surface area contributed by atoms with Crippen LogP contribution in [0.15, 0.2) is 18.2 Å². The van der Waals surface area contributed by atoms with Crippen molar-refractivity contribution in [3.63, 3.8) is 0 Å². The number of hydrogen-bond acceptors (Lipinski definition) is 4. The van der Waals surface area contributed by atoms with Crippen LogP contribution < -0.4 is 14.8 Å². The molecule has 1 aliphatic rings.